The fourth-order valence-corrected chi connectivity index (χ4v) is 3.06. The van der Waals surface area contributed by atoms with Gasteiger partial charge in [-0.3, -0.25) is 4.79 Å². The smallest absolute Gasteiger partial charge is 0.253 e. The van der Waals surface area contributed by atoms with Crippen LogP contribution >= 0.6 is 11.6 Å². The van der Waals surface area contributed by atoms with E-state index in [1.54, 1.807) is 18.2 Å². The molecule has 1 aliphatic carbocycles. The van der Waals surface area contributed by atoms with Gasteiger partial charge in [0.15, 0.2) is 0 Å². The zero-order valence-corrected chi connectivity index (χ0v) is 13.3. The fraction of sp³-hybridized carbons (Fsp3) is 0.467. The molecule has 1 amide bonds. The van der Waals surface area contributed by atoms with Crippen molar-refractivity contribution in [2.24, 2.45) is 0 Å². The molecule has 1 fully saturated rings. The first-order valence-corrected chi connectivity index (χ1v) is 7.99. The molecular formula is C15H18ClN5O2. The van der Waals surface area contributed by atoms with Crippen LogP contribution in [0.4, 0.5) is 0 Å². The van der Waals surface area contributed by atoms with Crippen LogP contribution in [0, 0.1) is 0 Å². The van der Waals surface area contributed by atoms with Crippen molar-refractivity contribution in [1.82, 2.24) is 25.5 Å². The Kier molecular flexibility index (Phi) is 4.58. The molecule has 0 bridgehead atoms. The summed E-state index contributed by atoms with van der Waals surface area (Å²) in [6.45, 7) is 0.230. The normalized spacial score (nSPS) is 17.0. The monoisotopic (exact) mass is 335 g/mol. The summed E-state index contributed by atoms with van der Waals surface area (Å²) in [6.07, 6.45) is 5.94. The van der Waals surface area contributed by atoms with E-state index in [1.165, 1.54) is 11.0 Å². The second-order valence-corrected chi connectivity index (χ2v) is 6.32. The number of aliphatic hydroxyl groups is 1. The first kappa shape index (κ1) is 15.9. The number of nitrogens with zero attached hydrogens (tertiary/aromatic N) is 4. The summed E-state index contributed by atoms with van der Waals surface area (Å²) in [5.74, 6) is -0.308. The number of halogens is 1. The third-order valence-corrected chi connectivity index (χ3v) is 4.40. The number of hydrogen-bond donors (Lipinski definition) is 2. The van der Waals surface area contributed by atoms with Gasteiger partial charge in [0.1, 0.15) is 6.33 Å². The van der Waals surface area contributed by atoms with Crippen molar-refractivity contribution in [3.8, 4) is 5.69 Å². The molecule has 3 rings (SSSR count). The van der Waals surface area contributed by atoms with Gasteiger partial charge in [-0.2, -0.15) is 4.68 Å². The van der Waals surface area contributed by atoms with E-state index in [0.29, 0.717) is 29.1 Å². The second-order valence-electron chi connectivity index (χ2n) is 5.88. The van der Waals surface area contributed by atoms with Crippen molar-refractivity contribution in [2.75, 3.05) is 6.54 Å². The molecule has 8 heteroatoms. The third-order valence-electron chi connectivity index (χ3n) is 4.16. The Labute approximate surface area is 138 Å². The van der Waals surface area contributed by atoms with E-state index in [9.17, 15) is 9.90 Å². The van der Waals surface area contributed by atoms with Crippen LogP contribution in [-0.2, 0) is 0 Å². The van der Waals surface area contributed by atoms with Gasteiger partial charge in [0.2, 0.25) is 0 Å². The van der Waals surface area contributed by atoms with Crippen LogP contribution in [0.2, 0.25) is 5.02 Å². The molecule has 0 unspecified atom stereocenters. The van der Waals surface area contributed by atoms with Crippen LogP contribution in [0.1, 0.15) is 42.5 Å². The summed E-state index contributed by atoms with van der Waals surface area (Å²) in [6, 6.07) is 4.92. The summed E-state index contributed by atoms with van der Waals surface area (Å²) in [5.41, 5.74) is 0.0818. The van der Waals surface area contributed by atoms with E-state index in [0.717, 1.165) is 19.3 Å². The van der Waals surface area contributed by atoms with Crippen molar-refractivity contribution in [1.29, 1.82) is 0 Å². The third kappa shape index (κ3) is 3.68. The number of carbonyl (C=O) groups excluding carboxylic acids is 1. The molecule has 122 valence electrons. The second kappa shape index (κ2) is 6.64. The van der Waals surface area contributed by atoms with Crippen LogP contribution in [0.25, 0.3) is 5.69 Å². The maximum Gasteiger partial charge on any atom is 0.253 e. The zero-order valence-electron chi connectivity index (χ0n) is 12.6. The van der Waals surface area contributed by atoms with E-state index >= 15 is 0 Å². The summed E-state index contributed by atoms with van der Waals surface area (Å²) < 4.78 is 1.40. The number of carbonyl (C=O) groups is 1. The lowest BCUT2D eigenvalue weighted by Gasteiger charge is -2.32. The standard InChI is InChI=1S/C15H18ClN5O2/c16-11-4-5-13(21-10-18-19-20-21)12(8-11)14(22)17-9-15(23)6-2-1-3-7-15/h4-5,8,10,23H,1-3,6-7,9H2,(H,17,22). The van der Waals surface area contributed by atoms with Gasteiger partial charge in [-0.05, 0) is 41.5 Å². The van der Waals surface area contributed by atoms with Crippen molar-refractivity contribution in [3.05, 3.63) is 35.1 Å². The Morgan fingerprint density at radius 2 is 2.13 bits per heavy atom. The number of amides is 1. The summed E-state index contributed by atoms with van der Waals surface area (Å²) in [4.78, 5) is 12.5. The molecule has 1 saturated carbocycles. The van der Waals surface area contributed by atoms with E-state index < -0.39 is 5.60 Å². The van der Waals surface area contributed by atoms with Gasteiger partial charge in [0.25, 0.3) is 5.91 Å². The zero-order chi connectivity index (χ0) is 16.3. The van der Waals surface area contributed by atoms with Gasteiger partial charge >= 0.3 is 0 Å². The molecule has 0 radical (unpaired) electrons. The first-order chi connectivity index (χ1) is 11.1. The lowest BCUT2D eigenvalue weighted by molar-refractivity contribution is 0.00525. The molecule has 2 aromatic rings. The highest BCUT2D eigenvalue weighted by atomic mass is 35.5. The lowest BCUT2D eigenvalue weighted by atomic mass is 9.85. The predicted molar refractivity (Wildman–Crippen MR) is 84.5 cm³/mol. The molecular weight excluding hydrogens is 318 g/mol. The average Bonchev–Trinajstić information content (AvgIpc) is 3.07. The summed E-state index contributed by atoms with van der Waals surface area (Å²) in [7, 11) is 0. The molecule has 0 spiro atoms. The highest BCUT2D eigenvalue weighted by Crippen LogP contribution is 2.27. The largest absolute Gasteiger partial charge is 0.388 e. The molecule has 1 heterocycles. The van der Waals surface area contributed by atoms with Crippen LogP contribution in [-0.4, -0.2) is 43.4 Å². The highest BCUT2D eigenvalue weighted by molar-refractivity contribution is 6.31. The molecule has 2 N–H and O–H groups in total. The van der Waals surface area contributed by atoms with E-state index in [4.69, 9.17) is 11.6 Å². The van der Waals surface area contributed by atoms with E-state index in [2.05, 4.69) is 20.8 Å². The quantitative estimate of drug-likeness (QED) is 0.887. The predicted octanol–water partition coefficient (Wildman–Crippen LogP) is 1.74. The fourth-order valence-electron chi connectivity index (χ4n) is 2.89. The molecule has 0 saturated heterocycles. The number of benzene rings is 1. The van der Waals surface area contributed by atoms with Crippen molar-refractivity contribution in [2.45, 2.75) is 37.7 Å². The number of tetrazole rings is 1. The van der Waals surface area contributed by atoms with Crippen LogP contribution in [0.15, 0.2) is 24.5 Å². The van der Waals surface area contributed by atoms with Gasteiger partial charge in [0.05, 0.1) is 16.9 Å². The van der Waals surface area contributed by atoms with Gasteiger partial charge in [-0.15, -0.1) is 5.10 Å². The van der Waals surface area contributed by atoms with Crippen LogP contribution in [0.3, 0.4) is 0 Å². The minimum Gasteiger partial charge on any atom is -0.388 e. The number of nitrogens with one attached hydrogen (secondary N) is 1. The van der Waals surface area contributed by atoms with E-state index in [1.807, 2.05) is 0 Å². The summed E-state index contributed by atoms with van der Waals surface area (Å²) in [5, 5.41) is 24.7. The first-order valence-electron chi connectivity index (χ1n) is 7.61. The van der Waals surface area contributed by atoms with Gasteiger partial charge in [0, 0.05) is 11.6 Å². The maximum atomic E-state index is 12.5. The minimum atomic E-state index is -0.818. The lowest BCUT2D eigenvalue weighted by Crippen LogP contribution is -2.44. The van der Waals surface area contributed by atoms with Crippen molar-refractivity contribution in [3.63, 3.8) is 0 Å². The van der Waals surface area contributed by atoms with Gasteiger partial charge in [-0.1, -0.05) is 30.9 Å². The molecule has 23 heavy (non-hydrogen) atoms. The van der Waals surface area contributed by atoms with Crippen molar-refractivity contribution >= 4 is 17.5 Å². The van der Waals surface area contributed by atoms with Gasteiger partial charge < -0.3 is 10.4 Å². The Morgan fingerprint density at radius 1 is 1.35 bits per heavy atom. The molecule has 7 nitrogen and oxygen atoms in total. The van der Waals surface area contributed by atoms with Gasteiger partial charge in [-0.25, -0.2) is 0 Å². The Hall–Kier alpha value is -1.99. The Morgan fingerprint density at radius 3 is 2.83 bits per heavy atom. The average molecular weight is 336 g/mol. The number of rotatable bonds is 4. The minimum absolute atomic E-state index is 0.230. The van der Waals surface area contributed by atoms with Crippen LogP contribution in [0.5, 0.6) is 0 Å². The highest BCUT2D eigenvalue weighted by Gasteiger charge is 2.30. The summed E-state index contributed by atoms with van der Waals surface area (Å²) >= 11 is 6.01. The molecule has 0 aliphatic heterocycles. The Bertz CT molecular complexity index is 683. The topological polar surface area (TPSA) is 92.9 Å². The molecule has 1 aromatic carbocycles. The SMILES string of the molecule is O=C(NCC1(O)CCCCC1)c1cc(Cl)ccc1-n1cnnn1. The molecule has 1 aliphatic rings. The van der Waals surface area contributed by atoms with Crippen molar-refractivity contribution < 1.29 is 9.90 Å². The molecule has 1 aromatic heterocycles. The number of hydrogen-bond acceptors (Lipinski definition) is 5. The molecule has 0 atom stereocenters. The number of aromatic nitrogens is 4. The van der Waals surface area contributed by atoms with Crippen LogP contribution < -0.4 is 5.32 Å². The maximum absolute atomic E-state index is 12.5. The van der Waals surface area contributed by atoms with E-state index in [-0.39, 0.29) is 12.5 Å². The Balaban J connectivity index is 1.78.